The molecule has 0 fully saturated rings. The summed E-state index contributed by atoms with van der Waals surface area (Å²) in [6, 6.07) is 7.24. The maximum atomic E-state index is 12.7. The third-order valence-electron chi connectivity index (χ3n) is 2.91. The van der Waals surface area contributed by atoms with E-state index in [1.54, 1.807) is 0 Å². The Kier molecular flexibility index (Phi) is 5.43. The van der Waals surface area contributed by atoms with E-state index in [-0.39, 0.29) is 5.82 Å². The number of nitrogens with one attached hydrogen (secondary N) is 1. The Morgan fingerprint density at radius 2 is 1.94 bits per heavy atom. The van der Waals surface area contributed by atoms with Gasteiger partial charge in [-0.05, 0) is 45.1 Å². The molecule has 0 heterocycles. The minimum atomic E-state index is -0.167. The van der Waals surface area contributed by atoms with Crippen molar-refractivity contribution < 1.29 is 4.39 Å². The quantitative estimate of drug-likeness (QED) is 0.794. The number of halogens is 1. The standard InChI is InChI=1S/C13H21FN2/c1-11(16(3)9-8-15-2)10-12-4-6-13(14)7-5-12/h4-7,11,15H,8-10H2,1-3H3. The molecule has 1 unspecified atom stereocenters. The summed E-state index contributed by atoms with van der Waals surface area (Å²) in [7, 11) is 4.07. The zero-order valence-electron chi connectivity index (χ0n) is 10.3. The van der Waals surface area contributed by atoms with Crippen molar-refractivity contribution in [3.05, 3.63) is 35.6 Å². The van der Waals surface area contributed by atoms with E-state index in [0.29, 0.717) is 6.04 Å². The Hall–Kier alpha value is -0.930. The third-order valence-corrected chi connectivity index (χ3v) is 2.91. The highest BCUT2D eigenvalue weighted by Crippen LogP contribution is 2.08. The SMILES string of the molecule is CNCCN(C)C(C)Cc1ccc(F)cc1. The molecule has 1 aromatic carbocycles. The van der Waals surface area contributed by atoms with Crippen LogP contribution in [0.5, 0.6) is 0 Å². The van der Waals surface area contributed by atoms with Crippen LogP contribution in [-0.2, 0) is 6.42 Å². The second-order valence-corrected chi connectivity index (χ2v) is 4.26. The molecule has 0 spiro atoms. The summed E-state index contributed by atoms with van der Waals surface area (Å²) < 4.78 is 12.7. The first kappa shape index (κ1) is 13.1. The molecule has 0 aliphatic carbocycles. The zero-order valence-corrected chi connectivity index (χ0v) is 10.3. The molecule has 1 N–H and O–H groups in total. The minimum Gasteiger partial charge on any atom is -0.318 e. The molecule has 0 saturated carbocycles. The fraction of sp³-hybridized carbons (Fsp3) is 0.538. The molecule has 0 bridgehead atoms. The van der Waals surface area contributed by atoms with Gasteiger partial charge in [0.1, 0.15) is 5.82 Å². The van der Waals surface area contributed by atoms with E-state index in [4.69, 9.17) is 0 Å². The van der Waals surface area contributed by atoms with Gasteiger partial charge in [0.25, 0.3) is 0 Å². The summed E-state index contributed by atoms with van der Waals surface area (Å²) in [5.41, 5.74) is 1.19. The van der Waals surface area contributed by atoms with Crippen LogP contribution in [0.4, 0.5) is 4.39 Å². The van der Waals surface area contributed by atoms with Crippen LogP contribution in [0.25, 0.3) is 0 Å². The van der Waals surface area contributed by atoms with E-state index in [1.807, 2.05) is 19.2 Å². The summed E-state index contributed by atoms with van der Waals surface area (Å²) in [5.74, 6) is -0.167. The number of hydrogen-bond donors (Lipinski definition) is 1. The molecule has 0 saturated heterocycles. The lowest BCUT2D eigenvalue weighted by Crippen LogP contribution is -2.35. The van der Waals surface area contributed by atoms with Crippen LogP contribution >= 0.6 is 0 Å². The molecular weight excluding hydrogens is 203 g/mol. The van der Waals surface area contributed by atoms with Gasteiger partial charge in [-0.25, -0.2) is 4.39 Å². The number of hydrogen-bond acceptors (Lipinski definition) is 2. The van der Waals surface area contributed by atoms with Crippen LogP contribution in [0.1, 0.15) is 12.5 Å². The van der Waals surface area contributed by atoms with Gasteiger partial charge in [0.2, 0.25) is 0 Å². The van der Waals surface area contributed by atoms with Crippen LogP contribution < -0.4 is 5.32 Å². The summed E-state index contributed by atoms with van der Waals surface area (Å²) in [6.45, 7) is 4.21. The molecule has 1 rings (SSSR count). The van der Waals surface area contributed by atoms with Gasteiger partial charge in [-0.1, -0.05) is 12.1 Å². The smallest absolute Gasteiger partial charge is 0.123 e. The fourth-order valence-electron chi connectivity index (χ4n) is 1.63. The van der Waals surface area contributed by atoms with Gasteiger partial charge in [-0.2, -0.15) is 0 Å². The molecule has 0 aromatic heterocycles. The molecule has 0 aliphatic rings. The summed E-state index contributed by atoms with van der Waals surface area (Å²) in [5, 5.41) is 3.13. The van der Waals surface area contributed by atoms with Crippen LogP contribution in [-0.4, -0.2) is 38.1 Å². The predicted octanol–water partition coefficient (Wildman–Crippen LogP) is 1.91. The van der Waals surface area contributed by atoms with Crippen molar-refractivity contribution in [3.8, 4) is 0 Å². The van der Waals surface area contributed by atoms with Crippen molar-refractivity contribution in [1.29, 1.82) is 0 Å². The average molecular weight is 224 g/mol. The Labute approximate surface area is 97.5 Å². The summed E-state index contributed by atoms with van der Waals surface area (Å²) in [4.78, 5) is 2.31. The third kappa shape index (κ3) is 4.29. The molecule has 3 heteroatoms. The Bertz CT molecular complexity index is 297. The molecule has 1 atom stereocenters. The van der Waals surface area contributed by atoms with Crippen molar-refractivity contribution in [2.75, 3.05) is 27.2 Å². The highest BCUT2D eigenvalue weighted by molar-refractivity contribution is 5.16. The van der Waals surface area contributed by atoms with E-state index >= 15 is 0 Å². The van der Waals surface area contributed by atoms with E-state index in [2.05, 4.69) is 24.2 Å². The maximum absolute atomic E-state index is 12.7. The van der Waals surface area contributed by atoms with Crippen molar-refractivity contribution in [2.24, 2.45) is 0 Å². The van der Waals surface area contributed by atoms with Gasteiger partial charge in [0, 0.05) is 19.1 Å². The van der Waals surface area contributed by atoms with Crippen LogP contribution in [0, 0.1) is 5.82 Å². The normalized spacial score (nSPS) is 13.1. The number of rotatable bonds is 6. The van der Waals surface area contributed by atoms with Gasteiger partial charge >= 0.3 is 0 Å². The topological polar surface area (TPSA) is 15.3 Å². The van der Waals surface area contributed by atoms with E-state index in [0.717, 1.165) is 19.5 Å². The van der Waals surface area contributed by atoms with E-state index in [1.165, 1.54) is 17.7 Å². The van der Waals surface area contributed by atoms with Crippen molar-refractivity contribution in [2.45, 2.75) is 19.4 Å². The number of likely N-dealkylation sites (N-methyl/N-ethyl adjacent to an activating group) is 2. The van der Waals surface area contributed by atoms with Crippen molar-refractivity contribution in [3.63, 3.8) is 0 Å². The van der Waals surface area contributed by atoms with Crippen molar-refractivity contribution in [1.82, 2.24) is 10.2 Å². The van der Waals surface area contributed by atoms with Crippen LogP contribution in [0.3, 0.4) is 0 Å². The predicted molar refractivity (Wildman–Crippen MR) is 66.1 cm³/mol. The van der Waals surface area contributed by atoms with Crippen LogP contribution in [0.2, 0.25) is 0 Å². The summed E-state index contributed by atoms with van der Waals surface area (Å²) >= 11 is 0. The maximum Gasteiger partial charge on any atom is 0.123 e. The zero-order chi connectivity index (χ0) is 12.0. The minimum absolute atomic E-state index is 0.167. The highest BCUT2D eigenvalue weighted by Gasteiger charge is 2.09. The first-order valence-electron chi connectivity index (χ1n) is 5.72. The lowest BCUT2D eigenvalue weighted by Gasteiger charge is -2.24. The van der Waals surface area contributed by atoms with Gasteiger partial charge in [0.15, 0.2) is 0 Å². The molecule has 0 aliphatic heterocycles. The molecule has 0 radical (unpaired) electrons. The van der Waals surface area contributed by atoms with Gasteiger partial charge in [-0.15, -0.1) is 0 Å². The van der Waals surface area contributed by atoms with E-state index in [9.17, 15) is 4.39 Å². The lowest BCUT2D eigenvalue weighted by atomic mass is 10.1. The lowest BCUT2D eigenvalue weighted by molar-refractivity contribution is 0.258. The molecule has 90 valence electrons. The molecule has 0 amide bonds. The number of benzene rings is 1. The van der Waals surface area contributed by atoms with Gasteiger partial charge in [0.05, 0.1) is 0 Å². The summed E-state index contributed by atoms with van der Waals surface area (Å²) in [6.07, 6.45) is 0.959. The molecule has 2 nitrogen and oxygen atoms in total. The molecule has 16 heavy (non-hydrogen) atoms. The van der Waals surface area contributed by atoms with Gasteiger partial charge < -0.3 is 10.2 Å². The number of nitrogens with zero attached hydrogens (tertiary/aromatic N) is 1. The first-order chi connectivity index (χ1) is 7.63. The largest absolute Gasteiger partial charge is 0.318 e. The second-order valence-electron chi connectivity index (χ2n) is 4.26. The van der Waals surface area contributed by atoms with Crippen molar-refractivity contribution >= 4 is 0 Å². The Morgan fingerprint density at radius 1 is 1.31 bits per heavy atom. The molecular formula is C13H21FN2. The monoisotopic (exact) mass is 224 g/mol. The van der Waals surface area contributed by atoms with E-state index < -0.39 is 0 Å². The Balaban J connectivity index is 2.43. The Morgan fingerprint density at radius 3 is 2.50 bits per heavy atom. The average Bonchev–Trinajstić information content (AvgIpc) is 2.29. The second kappa shape index (κ2) is 6.61. The highest BCUT2D eigenvalue weighted by atomic mass is 19.1. The first-order valence-corrected chi connectivity index (χ1v) is 5.72. The fourth-order valence-corrected chi connectivity index (χ4v) is 1.63. The van der Waals surface area contributed by atoms with Crippen LogP contribution in [0.15, 0.2) is 24.3 Å². The van der Waals surface area contributed by atoms with Gasteiger partial charge in [-0.3, -0.25) is 0 Å². The molecule has 1 aromatic rings.